The van der Waals surface area contributed by atoms with E-state index in [2.05, 4.69) is 23.7 Å². The second kappa shape index (κ2) is 4.47. The van der Waals surface area contributed by atoms with Crippen LogP contribution in [0.4, 0.5) is 0 Å². The first-order valence-electron chi connectivity index (χ1n) is 0.865. The molecule has 0 amide bonds. The van der Waals surface area contributed by atoms with Crippen LogP contribution in [0.25, 0.3) is 0 Å². The highest BCUT2D eigenvalue weighted by molar-refractivity contribution is 8.26. The standard InChI is InChI=1S/H2O3S2.OS/c1-5(2,3)4;1-2/h(H2,1,2,3,4);. The fourth-order valence-corrected chi connectivity index (χ4v) is 0. The molecule has 7 heteroatoms. The maximum absolute atomic E-state index is 9.11. The van der Waals surface area contributed by atoms with Gasteiger partial charge < -0.3 is 0 Å². The van der Waals surface area contributed by atoms with Crippen molar-refractivity contribution in [3.8, 4) is 0 Å². The summed E-state index contributed by atoms with van der Waals surface area (Å²) < 4.78 is 31.8. The van der Waals surface area contributed by atoms with Crippen molar-refractivity contribution < 1.29 is 17.5 Å². The summed E-state index contributed by atoms with van der Waals surface area (Å²) in [4.78, 5) is 0. The first-order chi connectivity index (χ1) is 3.00. The Bertz CT molecular complexity index is 101. The molecule has 0 aromatic rings. The SMILES string of the molecule is O=S.O=S(O)(O)=S. The lowest BCUT2D eigenvalue weighted by atomic mass is 15.8. The third kappa shape index (κ3) is 1220. The molecule has 0 saturated heterocycles. The van der Waals surface area contributed by atoms with Crippen molar-refractivity contribution in [3.63, 3.8) is 0 Å². The van der Waals surface area contributed by atoms with E-state index in [-0.39, 0.29) is 0 Å². The second-order valence-electron chi connectivity index (χ2n) is 0.448. The van der Waals surface area contributed by atoms with E-state index in [4.69, 9.17) is 17.5 Å². The molecule has 44 valence electrons. The van der Waals surface area contributed by atoms with E-state index in [1.807, 2.05) is 0 Å². The fourth-order valence-electron chi connectivity index (χ4n) is 0. The molecule has 0 bridgehead atoms. The molecular formula is H2O4S3. The highest BCUT2D eigenvalue weighted by atomic mass is 32.9. The quantitative estimate of drug-likeness (QED) is 0.492. The molecule has 0 aromatic heterocycles. The van der Waals surface area contributed by atoms with Crippen molar-refractivity contribution in [3.05, 3.63) is 0 Å². The molecule has 4 nitrogen and oxygen atoms in total. The zero-order chi connectivity index (χ0) is 6.50. The van der Waals surface area contributed by atoms with Gasteiger partial charge in [-0.15, -0.1) is 0 Å². The monoisotopic (exact) mass is 162 g/mol. The molecule has 0 saturated carbocycles. The summed E-state index contributed by atoms with van der Waals surface area (Å²) in [7, 11) is -3.83. The van der Waals surface area contributed by atoms with Crippen LogP contribution >= 0.6 is 0 Å². The molecule has 0 radical (unpaired) electrons. The fraction of sp³-hybridized carbons (Fsp3) is 0. The second-order valence-corrected chi connectivity index (χ2v) is 2.65. The summed E-state index contributed by atoms with van der Waals surface area (Å²) in [6, 6.07) is 0. The van der Waals surface area contributed by atoms with Gasteiger partial charge in [-0.3, -0.25) is 9.11 Å². The summed E-state index contributed by atoms with van der Waals surface area (Å²) in [6.07, 6.45) is 0. The summed E-state index contributed by atoms with van der Waals surface area (Å²) >= 11 is 6.30. The molecule has 0 aliphatic heterocycles. The molecule has 0 aliphatic rings. The van der Waals surface area contributed by atoms with E-state index in [1.54, 1.807) is 0 Å². The normalized spacial score (nSPS) is 8.86. The van der Waals surface area contributed by atoms with E-state index in [9.17, 15) is 0 Å². The van der Waals surface area contributed by atoms with Gasteiger partial charge in [0.1, 0.15) is 0 Å². The minimum Gasteiger partial charge on any atom is -0.285 e. The molecule has 7 heavy (non-hydrogen) atoms. The Morgan fingerprint density at radius 1 is 1.29 bits per heavy atom. The number of hydrogen-bond donors (Lipinski definition) is 2. The van der Waals surface area contributed by atoms with E-state index >= 15 is 0 Å². The van der Waals surface area contributed by atoms with Crippen LogP contribution in [0.15, 0.2) is 0 Å². The lowest BCUT2D eigenvalue weighted by Gasteiger charge is -1.73. The molecule has 0 aliphatic carbocycles. The highest BCUT2D eigenvalue weighted by Gasteiger charge is 1.78. The van der Waals surface area contributed by atoms with Crippen LogP contribution in [0, 0.1) is 0 Å². The number of rotatable bonds is 0. The molecule has 2 N–H and O–H groups in total. The lowest BCUT2D eigenvalue weighted by Crippen LogP contribution is -1.86. The molecule has 0 atom stereocenters. The van der Waals surface area contributed by atoms with Crippen molar-refractivity contribution in [2.75, 3.05) is 0 Å². The van der Waals surface area contributed by atoms with Gasteiger partial charge in [0.15, 0.2) is 12.5 Å². The van der Waals surface area contributed by atoms with Gasteiger partial charge in [0.25, 0.3) is 9.05 Å². The zero-order valence-electron chi connectivity index (χ0n) is 2.94. The van der Waals surface area contributed by atoms with E-state index < -0.39 is 9.05 Å². The molecule has 0 fully saturated rings. The van der Waals surface area contributed by atoms with Crippen LogP contribution in [0.5, 0.6) is 0 Å². The Kier molecular flexibility index (Phi) is 6.59. The third-order valence-electron chi connectivity index (χ3n) is 0. The summed E-state index contributed by atoms with van der Waals surface area (Å²) in [6.45, 7) is 0. The van der Waals surface area contributed by atoms with Crippen LogP contribution < -0.4 is 0 Å². The first kappa shape index (κ1) is 10.3. The third-order valence-corrected chi connectivity index (χ3v) is 0. The maximum atomic E-state index is 9.11. The van der Waals surface area contributed by atoms with Crippen molar-refractivity contribution in [2.45, 2.75) is 0 Å². The van der Waals surface area contributed by atoms with Gasteiger partial charge in [-0.2, -0.15) is 8.42 Å². The Labute approximate surface area is 50.8 Å². The molecule has 0 spiro atoms. The predicted octanol–water partition coefficient (Wildman–Crippen LogP) is -0.658. The molecule has 0 aromatic carbocycles. The van der Waals surface area contributed by atoms with Crippen LogP contribution in [-0.4, -0.2) is 17.5 Å². The van der Waals surface area contributed by atoms with Gasteiger partial charge in [-0.1, -0.05) is 0 Å². The van der Waals surface area contributed by atoms with Crippen LogP contribution in [0.3, 0.4) is 0 Å². The molecule has 0 rings (SSSR count). The van der Waals surface area contributed by atoms with Gasteiger partial charge in [0, 0.05) is 11.2 Å². The lowest BCUT2D eigenvalue weighted by molar-refractivity contribution is 0.450. The smallest absolute Gasteiger partial charge is 0.263 e. The van der Waals surface area contributed by atoms with Crippen LogP contribution in [-0.2, 0) is 32.8 Å². The summed E-state index contributed by atoms with van der Waals surface area (Å²) in [5, 5.41) is 0. The van der Waals surface area contributed by atoms with Crippen LogP contribution in [0.1, 0.15) is 0 Å². The van der Waals surface area contributed by atoms with E-state index in [0.29, 0.717) is 0 Å². The van der Waals surface area contributed by atoms with E-state index in [1.165, 1.54) is 0 Å². The highest BCUT2D eigenvalue weighted by Crippen LogP contribution is 1.62. The minimum atomic E-state index is -3.83. The largest absolute Gasteiger partial charge is 0.285 e. The van der Waals surface area contributed by atoms with Crippen molar-refractivity contribution in [1.82, 2.24) is 0 Å². The Morgan fingerprint density at radius 3 is 1.29 bits per heavy atom. The molecular weight excluding hydrogens is 160 g/mol. The Morgan fingerprint density at radius 2 is 1.29 bits per heavy atom. The molecule has 0 unspecified atom stereocenters. The van der Waals surface area contributed by atoms with Gasteiger partial charge in [-0.05, 0) is 0 Å². The summed E-state index contributed by atoms with van der Waals surface area (Å²) in [5.41, 5.74) is 0. The van der Waals surface area contributed by atoms with Gasteiger partial charge >= 0.3 is 0 Å². The maximum Gasteiger partial charge on any atom is 0.263 e. The number of hydrogen-bond acceptors (Lipinski definition) is 4. The Balaban J connectivity index is 0. The van der Waals surface area contributed by atoms with Crippen molar-refractivity contribution >= 4 is 32.8 Å². The van der Waals surface area contributed by atoms with Crippen molar-refractivity contribution in [2.24, 2.45) is 0 Å². The van der Waals surface area contributed by atoms with Gasteiger partial charge in [-0.25, -0.2) is 0 Å². The first-order valence-corrected chi connectivity index (χ1v) is 3.60. The van der Waals surface area contributed by atoms with Crippen molar-refractivity contribution in [1.29, 1.82) is 0 Å². The molecule has 0 heterocycles. The van der Waals surface area contributed by atoms with Gasteiger partial charge in [0.2, 0.25) is 0 Å². The Hall–Kier alpha value is 0.310. The summed E-state index contributed by atoms with van der Waals surface area (Å²) in [5.74, 6) is 0. The average molecular weight is 162 g/mol. The topological polar surface area (TPSA) is 74.6 Å². The van der Waals surface area contributed by atoms with Gasteiger partial charge in [0.05, 0.1) is 0 Å². The zero-order valence-corrected chi connectivity index (χ0v) is 5.39. The van der Waals surface area contributed by atoms with E-state index in [0.717, 1.165) is 0 Å². The average Bonchev–Trinajstić information content (AvgIpc) is 1.36. The minimum absolute atomic E-state index is 2.83. The van der Waals surface area contributed by atoms with Crippen LogP contribution in [0.2, 0.25) is 0 Å². The predicted molar refractivity (Wildman–Crippen MR) is 28.9 cm³/mol.